The Balaban J connectivity index is 1.70. The molecule has 3 rings (SSSR count). The lowest BCUT2D eigenvalue weighted by Crippen LogP contribution is -2.28. The van der Waals surface area contributed by atoms with Crippen molar-refractivity contribution in [1.82, 2.24) is 14.5 Å². The summed E-state index contributed by atoms with van der Waals surface area (Å²) in [6.45, 7) is 5.68. The van der Waals surface area contributed by atoms with E-state index >= 15 is 0 Å². The van der Waals surface area contributed by atoms with Gasteiger partial charge < -0.3 is 9.47 Å². The van der Waals surface area contributed by atoms with Crippen molar-refractivity contribution in [3.63, 3.8) is 0 Å². The number of fused-ring (bicyclic) bond motifs is 1. The van der Waals surface area contributed by atoms with Crippen LogP contribution >= 0.6 is 11.3 Å². The van der Waals surface area contributed by atoms with Crippen LogP contribution in [-0.2, 0) is 25.9 Å². The van der Waals surface area contributed by atoms with E-state index in [1.54, 1.807) is 7.05 Å². The summed E-state index contributed by atoms with van der Waals surface area (Å²) in [7, 11) is 1.60. The molecule has 0 saturated carbocycles. The predicted molar refractivity (Wildman–Crippen MR) is 103 cm³/mol. The molecule has 2 heterocycles. The number of halogens is 3. The molecule has 154 valence electrons. The molecule has 0 radical (unpaired) electrons. The normalized spacial score (nSPS) is 17.5. The van der Waals surface area contributed by atoms with Crippen molar-refractivity contribution in [2.45, 2.75) is 59.3 Å². The number of hydrogen-bond donors (Lipinski definition) is 0. The van der Waals surface area contributed by atoms with Gasteiger partial charge in [0.05, 0.1) is 11.4 Å². The molecule has 0 aromatic carbocycles. The summed E-state index contributed by atoms with van der Waals surface area (Å²) in [6.07, 6.45) is 1.37. The second-order valence-corrected chi connectivity index (χ2v) is 9.75. The molecule has 0 bridgehead atoms. The number of amides is 1. The molecule has 1 atom stereocenters. The maximum atomic E-state index is 12.8. The van der Waals surface area contributed by atoms with Gasteiger partial charge in [-0.05, 0) is 42.2 Å². The number of hydrogen-bond acceptors (Lipinski definition) is 3. The van der Waals surface area contributed by atoms with E-state index in [0.29, 0.717) is 10.8 Å². The minimum Gasteiger partial charge on any atom is -0.334 e. The number of carbonyl (C=O) groups is 1. The van der Waals surface area contributed by atoms with Gasteiger partial charge in [0, 0.05) is 24.3 Å². The van der Waals surface area contributed by atoms with Gasteiger partial charge in [0.2, 0.25) is 0 Å². The Bertz CT molecular complexity index is 848. The molecule has 1 aliphatic carbocycles. The molecule has 0 aliphatic heterocycles. The standard InChI is InChI=1S/C20H26F3N3OS/c1-19(2,3)14-5-6-15-13(9-14)10-16(28-15)18(27)25(4)11-17-24-7-8-26(17)12-20(21,22)23/h7-8,10,14H,5-6,9,11-12H2,1-4H3. The van der Waals surface area contributed by atoms with Crippen LogP contribution in [0.2, 0.25) is 0 Å². The largest absolute Gasteiger partial charge is 0.406 e. The Labute approximate surface area is 167 Å². The first-order valence-electron chi connectivity index (χ1n) is 9.38. The molecular weight excluding hydrogens is 387 g/mol. The second-order valence-electron chi connectivity index (χ2n) is 8.61. The highest BCUT2D eigenvalue weighted by Gasteiger charge is 2.31. The summed E-state index contributed by atoms with van der Waals surface area (Å²) in [5, 5.41) is 0. The zero-order valence-electron chi connectivity index (χ0n) is 16.6. The van der Waals surface area contributed by atoms with Crippen LogP contribution in [0, 0.1) is 11.3 Å². The van der Waals surface area contributed by atoms with Gasteiger partial charge >= 0.3 is 6.18 Å². The SMILES string of the molecule is CN(Cc1nccn1CC(F)(F)F)C(=O)c1cc2c(s1)CCC(C(C)(C)C)C2. The third kappa shape index (κ3) is 4.77. The van der Waals surface area contributed by atoms with E-state index in [2.05, 4.69) is 25.8 Å². The highest BCUT2D eigenvalue weighted by atomic mass is 32.1. The summed E-state index contributed by atoms with van der Waals surface area (Å²) < 4.78 is 39.1. The molecular formula is C20H26F3N3OS. The van der Waals surface area contributed by atoms with Crippen molar-refractivity contribution in [3.05, 3.63) is 39.6 Å². The Morgan fingerprint density at radius 2 is 2.07 bits per heavy atom. The molecule has 0 fully saturated rings. The quantitative estimate of drug-likeness (QED) is 0.713. The molecule has 1 amide bonds. The second kappa shape index (κ2) is 7.54. The summed E-state index contributed by atoms with van der Waals surface area (Å²) in [5.41, 5.74) is 1.47. The van der Waals surface area contributed by atoms with E-state index < -0.39 is 12.7 Å². The lowest BCUT2D eigenvalue weighted by molar-refractivity contribution is -0.141. The van der Waals surface area contributed by atoms with Crippen LogP contribution in [0.5, 0.6) is 0 Å². The Morgan fingerprint density at radius 1 is 1.36 bits per heavy atom. The molecule has 2 aromatic heterocycles. The number of imidazole rings is 1. The Kier molecular flexibility index (Phi) is 5.62. The maximum absolute atomic E-state index is 12.8. The van der Waals surface area contributed by atoms with E-state index in [4.69, 9.17) is 0 Å². The average Bonchev–Trinajstić information content (AvgIpc) is 3.17. The molecule has 4 nitrogen and oxygen atoms in total. The third-order valence-electron chi connectivity index (χ3n) is 5.39. The van der Waals surface area contributed by atoms with Gasteiger partial charge in [0.1, 0.15) is 12.4 Å². The molecule has 8 heteroatoms. The topological polar surface area (TPSA) is 38.1 Å². The first kappa shape index (κ1) is 20.9. The number of thiophene rings is 1. The van der Waals surface area contributed by atoms with E-state index in [0.717, 1.165) is 23.8 Å². The van der Waals surface area contributed by atoms with E-state index in [1.807, 2.05) is 6.07 Å². The van der Waals surface area contributed by atoms with Gasteiger partial charge in [-0.15, -0.1) is 11.3 Å². The number of carbonyl (C=O) groups excluding carboxylic acids is 1. The molecule has 0 saturated heterocycles. The first-order valence-corrected chi connectivity index (χ1v) is 10.2. The van der Waals surface area contributed by atoms with Crippen LogP contribution in [-0.4, -0.2) is 33.6 Å². The zero-order valence-corrected chi connectivity index (χ0v) is 17.5. The summed E-state index contributed by atoms with van der Waals surface area (Å²) in [4.78, 5) is 20.2. The lowest BCUT2D eigenvalue weighted by atomic mass is 9.72. The molecule has 1 unspecified atom stereocenters. The van der Waals surface area contributed by atoms with E-state index in [-0.39, 0.29) is 23.7 Å². The third-order valence-corrected chi connectivity index (χ3v) is 6.62. The van der Waals surface area contributed by atoms with Gasteiger partial charge in [-0.2, -0.15) is 13.2 Å². The molecule has 0 N–H and O–H groups in total. The lowest BCUT2D eigenvalue weighted by Gasteiger charge is -2.33. The van der Waals surface area contributed by atoms with Crippen molar-refractivity contribution in [3.8, 4) is 0 Å². The van der Waals surface area contributed by atoms with Gasteiger partial charge in [0.25, 0.3) is 5.91 Å². The number of aromatic nitrogens is 2. The number of alkyl halides is 3. The Morgan fingerprint density at radius 3 is 2.71 bits per heavy atom. The van der Waals surface area contributed by atoms with Gasteiger partial charge in [-0.1, -0.05) is 20.8 Å². The van der Waals surface area contributed by atoms with Crippen LogP contribution in [0.4, 0.5) is 13.2 Å². The molecule has 1 aliphatic rings. The smallest absolute Gasteiger partial charge is 0.334 e. The highest BCUT2D eigenvalue weighted by Crippen LogP contribution is 2.40. The van der Waals surface area contributed by atoms with E-state index in [9.17, 15) is 18.0 Å². The van der Waals surface area contributed by atoms with Crippen LogP contribution in [0.25, 0.3) is 0 Å². The molecule has 2 aromatic rings. The van der Waals surface area contributed by atoms with Gasteiger partial charge in [-0.25, -0.2) is 4.98 Å². The van der Waals surface area contributed by atoms with Crippen LogP contribution in [0.15, 0.2) is 18.5 Å². The first-order chi connectivity index (χ1) is 12.9. The predicted octanol–water partition coefficient (Wildman–Crippen LogP) is 4.93. The minimum absolute atomic E-state index is 0.0368. The highest BCUT2D eigenvalue weighted by molar-refractivity contribution is 7.14. The van der Waals surface area contributed by atoms with Crippen LogP contribution in [0.1, 0.15) is 53.1 Å². The number of nitrogens with zero attached hydrogens (tertiary/aromatic N) is 3. The fourth-order valence-corrected chi connectivity index (χ4v) is 4.87. The van der Waals surface area contributed by atoms with Gasteiger partial charge in [-0.3, -0.25) is 4.79 Å². The zero-order chi connectivity index (χ0) is 20.7. The van der Waals surface area contributed by atoms with Crippen molar-refractivity contribution in [2.75, 3.05) is 7.05 Å². The summed E-state index contributed by atoms with van der Waals surface area (Å²) in [6, 6.07) is 1.97. The summed E-state index contributed by atoms with van der Waals surface area (Å²) >= 11 is 1.51. The number of aryl methyl sites for hydroxylation is 1. The van der Waals surface area contributed by atoms with Crippen molar-refractivity contribution in [2.24, 2.45) is 11.3 Å². The summed E-state index contributed by atoms with van der Waals surface area (Å²) in [5.74, 6) is 0.640. The van der Waals surface area contributed by atoms with Crippen LogP contribution < -0.4 is 0 Å². The fraction of sp³-hybridized carbons (Fsp3) is 0.600. The monoisotopic (exact) mass is 413 g/mol. The molecule has 0 spiro atoms. The average molecular weight is 414 g/mol. The van der Waals surface area contributed by atoms with Crippen molar-refractivity contribution < 1.29 is 18.0 Å². The van der Waals surface area contributed by atoms with Gasteiger partial charge in [0.15, 0.2) is 0 Å². The van der Waals surface area contributed by atoms with Crippen LogP contribution in [0.3, 0.4) is 0 Å². The van der Waals surface area contributed by atoms with Crippen molar-refractivity contribution >= 4 is 17.2 Å². The maximum Gasteiger partial charge on any atom is 0.406 e. The molecule has 28 heavy (non-hydrogen) atoms. The number of rotatable bonds is 4. The van der Waals surface area contributed by atoms with E-state index in [1.165, 1.54) is 39.1 Å². The van der Waals surface area contributed by atoms with Crippen molar-refractivity contribution in [1.29, 1.82) is 0 Å². The minimum atomic E-state index is -4.32. The Hall–Kier alpha value is -1.83. The fourth-order valence-electron chi connectivity index (χ4n) is 3.67.